The predicted molar refractivity (Wildman–Crippen MR) is 43.3 cm³/mol. The molecule has 0 amide bonds. The van der Waals surface area contributed by atoms with Crippen LogP contribution in [0.3, 0.4) is 0 Å². The van der Waals surface area contributed by atoms with Crippen molar-refractivity contribution in [2.24, 2.45) is 0 Å². The number of imidazole rings is 1. The quantitative estimate of drug-likeness (QED) is 0.612. The van der Waals surface area contributed by atoms with Crippen LogP contribution in [-0.4, -0.2) is 19.7 Å². The smallest absolute Gasteiger partial charge is 0.155 e. The second kappa shape index (κ2) is 2.46. The molecular weight excluding hydrogens is 156 g/mol. The van der Waals surface area contributed by atoms with Crippen LogP contribution in [0.4, 0.5) is 5.82 Å². The van der Waals surface area contributed by atoms with Crippen LogP contribution in [0, 0.1) is 0 Å². The topological polar surface area (TPSA) is 76.4 Å². The molecule has 0 atom stereocenters. The third kappa shape index (κ3) is 0.998. The highest BCUT2D eigenvalue weighted by Gasteiger charge is 1.99. The number of hydrogen-bond acceptors (Lipinski definition) is 4. The molecule has 5 heteroatoms. The summed E-state index contributed by atoms with van der Waals surface area (Å²) < 4.78 is 1.54. The minimum absolute atomic E-state index is 0.0754. The van der Waals surface area contributed by atoms with Crippen LogP contribution in [0.1, 0.15) is 5.69 Å². The summed E-state index contributed by atoms with van der Waals surface area (Å²) in [5.74, 6) is 0.428. The van der Waals surface area contributed by atoms with E-state index < -0.39 is 0 Å². The van der Waals surface area contributed by atoms with Crippen molar-refractivity contribution in [3.8, 4) is 0 Å². The SMILES string of the molecule is Nc1cn2nc(CO)ccc2n1. The molecule has 0 aromatic carbocycles. The highest BCUT2D eigenvalue weighted by Crippen LogP contribution is 2.05. The fourth-order valence-electron chi connectivity index (χ4n) is 1.02. The van der Waals surface area contributed by atoms with Crippen LogP contribution in [0.15, 0.2) is 18.3 Å². The number of fused-ring (bicyclic) bond motifs is 1. The maximum atomic E-state index is 8.78. The summed E-state index contributed by atoms with van der Waals surface area (Å²) in [5.41, 5.74) is 6.73. The van der Waals surface area contributed by atoms with Gasteiger partial charge in [0.25, 0.3) is 0 Å². The monoisotopic (exact) mass is 164 g/mol. The van der Waals surface area contributed by atoms with E-state index in [0.717, 1.165) is 0 Å². The average Bonchev–Trinajstić information content (AvgIpc) is 2.43. The second-order valence-electron chi connectivity index (χ2n) is 2.45. The molecule has 0 saturated heterocycles. The fraction of sp³-hybridized carbons (Fsp3) is 0.143. The van der Waals surface area contributed by atoms with Gasteiger partial charge < -0.3 is 10.8 Å². The van der Waals surface area contributed by atoms with Crippen LogP contribution in [0.2, 0.25) is 0 Å². The summed E-state index contributed by atoms with van der Waals surface area (Å²) in [5, 5.41) is 12.8. The number of rotatable bonds is 1. The van der Waals surface area contributed by atoms with Crippen LogP contribution < -0.4 is 5.73 Å². The molecule has 0 spiro atoms. The highest BCUT2D eigenvalue weighted by molar-refractivity contribution is 5.45. The lowest BCUT2D eigenvalue weighted by atomic mass is 10.4. The Hall–Kier alpha value is -1.62. The van der Waals surface area contributed by atoms with E-state index in [1.807, 2.05) is 0 Å². The average molecular weight is 164 g/mol. The highest BCUT2D eigenvalue weighted by atomic mass is 16.3. The van der Waals surface area contributed by atoms with Gasteiger partial charge >= 0.3 is 0 Å². The second-order valence-corrected chi connectivity index (χ2v) is 2.45. The van der Waals surface area contributed by atoms with Gasteiger partial charge in [-0.2, -0.15) is 5.10 Å². The van der Waals surface area contributed by atoms with Crippen LogP contribution >= 0.6 is 0 Å². The Balaban J connectivity index is 2.66. The normalized spacial score (nSPS) is 10.8. The molecule has 3 N–H and O–H groups in total. The zero-order chi connectivity index (χ0) is 8.55. The molecule has 2 aromatic heterocycles. The number of aliphatic hydroxyl groups excluding tert-OH is 1. The number of aliphatic hydroxyl groups is 1. The Labute approximate surface area is 68.5 Å². The van der Waals surface area contributed by atoms with Crippen molar-refractivity contribution < 1.29 is 5.11 Å². The molecule has 0 bridgehead atoms. The minimum atomic E-state index is -0.0754. The Morgan fingerprint density at radius 3 is 3.08 bits per heavy atom. The van der Waals surface area contributed by atoms with Gasteiger partial charge in [-0.15, -0.1) is 0 Å². The maximum Gasteiger partial charge on any atom is 0.155 e. The first-order valence-corrected chi connectivity index (χ1v) is 3.51. The molecule has 2 heterocycles. The summed E-state index contributed by atoms with van der Waals surface area (Å²) in [6.07, 6.45) is 1.61. The van der Waals surface area contributed by atoms with E-state index in [2.05, 4.69) is 10.1 Å². The largest absolute Gasteiger partial charge is 0.390 e. The maximum absolute atomic E-state index is 8.78. The van der Waals surface area contributed by atoms with Crippen LogP contribution in [0.25, 0.3) is 5.65 Å². The molecule has 0 radical (unpaired) electrons. The van der Waals surface area contributed by atoms with Crippen molar-refractivity contribution in [1.82, 2.24) is 14.6 Å². The molecule has 0 fully saturated rings. The van der Waals surface area contributed by atoms with E-state index in [1.165, 1.54) is 0 Å². The Bertz CT molecular complexity index is 409. The summed E-state index contributed by atoms with van der Waals surface area (Å²) in [6, 6.07) is 3.47. The number of nitrogen functional groups attached to an aromatic ring is 1. The van der Waals surface area contributed by atoms with E-state index in [0.29, 0.717) is 17.2 Å². The van der Waals surface area contributed by atoms with Crippen molar-refractivity contribution in [3.63, 3.8) is 0 Å². The molecule has 0 aliphatic heterocycles. The lowest BCUT2D eigenvalue weighted by Crippen LogP contribution is -1.95. The van der Waals surface area contributed by atoms with Crippen LogP contribution in [-0.2, 0) is 6.61 Å². The summed E-state index contributed by atoms with van der Waals surface area (Å²) in [6.45, 7) is -0.0754. The van der Waals surface area contributed by atoms with Gasteiger partial charge in [0.2, 0.25) is 0 Å². The summed E-state index contributed by atoms with van der Waals surface area (Å²) >= 11 is 0. The van der Waals surface area contributed by atoms with Gasteiger partial charge in [-0.3, -0.25) is 0 Å². The predicted octanol–water partition coefficient (Wildman–Crippen LogP) is -0.196. The van der Waals surface area contributed by atoms with E-state index in [1.54, 1.807) is 22.8 Å². The number of nitrogens with zero attached hydrogens (tertiary/aromatic N) is 3. The first-order valence-electron chi connectivity index (χ1n) is 3.51. The van der Waals surface area contributed by atoms with Gasteiger partial charge in [-0.05, 0) is 12.1 Å². The molecule has 5 nitrogen and oxygen atoms in total. The third-order valence-corrected chi connectivity index (χ3v) is 1.56. The van der Waals surface area contributed by atoms with Gasteiger partial charge in [0.15, 0.2) is 5.65 Å². The van der Waals surface area contributed by atoms with E-state index >= 15 is 0 Å². The molecule has 2 aromatic rings. The van der Waals surface area contributed by atoms with Crippen molar-refractivity contribution in [2.75, 3.05) is 5.73 Å². The number of hydrogen-bond donors (Lipinski definition) is 2. The molecule has 0 aliphatic carbocycles. The van der Waals surface area contributed by atoms with E-state index in [4.69, 9.17) is 10.8 Å². The van der Waals surface area contributed by atoms with Crippen molar-refractivity contribution in [2.45, 2.75) is 6.61 Å². The first kappa shape index (κ1) is 7.05. The van der Waals surface area contributed by atoms with Gasteiger partial charge in [0, 0.05) is 0 Å². The summed E-state index contributed by atoms with van der Waals surface area (Å²) in [4.78, 5) is 3.99. The molecule has 12 heavy (non-hydrogen) atoms. The van der Waals surface area contributed by atoms with Gasteiger partial charge in [-0.25, -0.2) is 9.50 Å². The Kier molecular flexibility index (Phi) is 1.44. The van der Waals surface area contributed by atoms with Crippen molar-refractivity contribution in [3.05, 3.63) is 24.0 Å². The molecule has 0 unspecified atom stereocenters. The van der Waals surface area contributed by atoms with Gasteiger partial charge in [0.05, 0.1) is 18.5 Å². The number of nitrogens with two attached hydrogens (primary N) is 1. The number of aromatic nitrogens is 3. The molecule has 0 saturated carbocycles. The van der Waals surface area contributed by atoms with Crippen molar-refractivity contribution >= 4 is 11.5 Å². The Morgan fingerprint density at radius 1 is 1.50 bits per heavy atom. The van der Waals surface area contributed by atoms with E-state index in [-0.39, 0.29) is 6.61 Å². The lowest BCUT2D eigenvalue weighted by molar-refractivity contribution is 0.275. The van der Waals surface area contributed by atoms with Crippen LogP contribution in [0.5, 0.6) is 0 Å². The summed E-state index contributed by atoms with van der Waals surface area (Å²) in [7, 11) is 0. The zero-order valence-electron chi connectivity index (χ0n) is 6.31. The molecule has 0 aliphatic rings. The molecule has 62 valence electrons. The molecule has 2 rings (SSSR count). The molecular formula is C7H8N4O. The Morgan fingerprint density at radius 2 is 2.33 bits per heavy atom. The standard InChI is InChI=1S/C7H8N4O/c8-6-3-11-7(9-6)2-1-5(4-12)10-11/h1-3,12H,4,8H2. The lowest BCUT2D eigenvalue weighted by Gasteiger charge is -1.94. The van der Waals surface area contributed by atoms with Gasteiger partial charge in [-0.1, -0.05) is 0 Å². The van der Waals surface area contributed by atoms with Crippen molar-refractivity contribution in [1.29, 1.82) is 0 Å². The first-order chi connectivity index (χ1) is 5.79. The fourth-order valence-corrected chi connectivity index (χ4v) is 1.02. The van der Waals surface area contributed by atoms with E-state index in [9.17, 15) is 0 Å². The zero-order valence-corrected chi connectivity index (χ0v) is 6.31. The van der Waals surface area contributed by atoms with Gasteiger partial charge in [0.1, 0.15) is 5.82 Å². The third-order valence-electron chi connectivity index (χ3n) is 1.56. The minimum Gasteiger partial charge on any atom is -0.390 e. The number of anilines is 1.